The molecule has 0 radical (unpaired) electrons. The molecule has 0 bridgehead atoms. The van der Waals surface area contributed by atoms with Crippen molar-refractivity contribution in [1.29, 1.82) is 0 Å². The molecule has 0 unspecified atom stereocenters. The topological polar surface area (TPSA) is 79.0 Å². The van der Waals surface area contributed by atoms with Crippen molar-refractivity contribution in [3.63, 3.8) is 0 Å². The molecule has 2 rings (SSSR count). The number of H-pyrrole nitrogens is 1. The van der Waals surface area contributed by atoms with Crippen LogP contribution in [0, 0.1) is 0 Å². The number of carbonyl (C=O) groups excluding carboxylic acids is 1. The Morgan fingerprint density at radius 1 is 1.55 bits per heavy atom. The third-order valence-electron chi connectivity index (χ3n) is 2.43. The van der Waals surface area contributed by atoms with E-state index in [4.69, 9.17) is 11.6 Å². The molecule has 2 N–H and O–H groups in total. The third kappa shape index (κ3) is 3.88. The van der Waals surface area contributed by atoms with Gasteiger partial charge in [-0.1, -0.05) is 22.3 Å². The lowest BCUT2D eigenvalue weighted by Crippen LogP contribution is -2.33. The number of nitrogens with zero attached hydrogens (tertiary/aromatic N) is 1. The number of anilines is 1. The molecule has 2 aromatic rings. The summed E-state index contributed by atoms with van der Waals surface area (Å²) in [6.07, 6.45) is 0.280. The molecule has 1 aromatic carbocycles. The molecule has 0 fully saturated rings. The van der Waals surface area contributed by atoms with Gasteiger partial charge in [-0.05, 0) is 35.2 Å². The summed E-state index contributed by atoms with van der Waals surface area (Å²) in [5, 5.41) is 6.15. The summed E-state index contributed by atoms with van der Waals surface area (Å²) in [4.78, 5) is 23.0. The molecule has 106 valence electrons. The standard InChI is InChI=1S/C12H12ClN3O3S/c1-16-11(12(18)19-15-16)20-6-5-10(17)14-9-4-2-3-8(13)7-9/h2-4,7H,5-6H2,1H3,(H-,14,15,17,18)/p+1. The summed E-state index contributed by atoms with van der Waals surface area (Å²) in [7, 11) is 1.67. The van der Waals surface area contributed by atoms with Crippen LogP contribution >= 0.6 is 23.4 Å². The van der Waals surface area contributed by atoms with Crippen molar-refractivity contribution >= 4 is 35.0 Å². The van der Waals surface area contributed by atoms with Gasteiger partial charge in [-0.2, -0.15) is 0 Å². The first-order chi connectivity index (χ1) is 9.56. The van der Waals surface area contributed by atoms with Crippen LogP contribution in [0.2, 0.25) is 5.02 Å². The number of hydrogen-bond acceptors (Lipinski definition) is 4. The molecule has 6 nitrogen and oxygen atoms in total. The van der Waals surface area contributed by atoms with E-state index >= 15 is 0 Å². The number of carbonyl (C=O) groups is 1. The van der Waals surface area contributed by atoms with Gasteiger partial charge in [0.15, 0.2) is 7.05 Å². The Morgan fingerprint density at radius 2 is 2.35 bits per heavy atom. The first-order valence-corrected chi connectivity index (χ1v) is 7.18. The summed E-state index contributed by atoms with van der Waals surface area (Å²) < 4.78 is 6.08. The van der Waals surface area contributed by atoms with Crippen molar-refractivity contribution in [1.82, 2.24) is 5.27 Å². The Hall–Kier alpha value is -1.73. The number of nitrogens with one attached hydrogen (secondary N) is 2. The molecule has 1 amide bonds. The van der Waals surface area contributed by atoms with E-state index in [0.29, 0.717) is 21.5 Å². The Bertz CT molecular complexity index is 668. The highest BCUT2D eigenvalue weighted by Crippen LogP contribution is 2.16. The molecule has 8 heteroatoms. The van der Waals surface area contributed by atoms with Gasteiger partial charge in [-0.25, -0.2) is 4.79 Å². The summed E-state index contributed by atoms with van der Waals surface area (Å²) in [5.74, 6) is 0.338. The molecule has 1 aromatic heterocycles. The predicted molar refractivity (Wildman–Crippen MR) is 75.9 cm³/mol. The minimum Gasteiger partial charge on any atom is -0.326 e. The van der Waals surface area contributed by atoms with Gasteiger partial charge in [0.25, 0.3) is 0 Å². The number of amides is 1. The molecule has 0 atom stereocenters. The monoisotopic (exact) mass is 314 g/mol. The summed E-state index contributed by atoms with van der Waals surface area (Å²) >= 11 is 7.09. The number of benzene rings is 1. The lowest BCUT2D eigenvalue weighted by molar-refractivity contribution is -0.772. The van der Waals surface area contributed by atoms with Crippen LogP contribution in [0.1, 0.15) is 6.42 Å². The fourth-order valence-electron chi connectivity index (χ4n) is 1.52. The highest BCUT2D eigenvalue weighted by atomic mass is 35.5. The SMILES string of the molecule is C[n+]1[nH]oc(=O)c1SCCC(=O)Nc1cccc(Cl)c1. The van der Waals surface area contributed by atoms with E-state index in [-0.39, 0.29) is 12.3 Å². The predicted octanol–water partition coefficient (Wildman–Crippen LogP) is 1.57. The molecule has 1 heterocycles. The molecule has 0 saturated heterocycles. The van der Waals surface area contributed by atoms with Gasteiger partial charge in [0.1, 0.15) is 0 Å². The molecule has 0 spiro atoms. The highest BCUT2D eigenvalue weighted by Gasteiger charge is 2.17. The quantitative estimate of drug-likeness (QED) is 0.648. The Kier molecular flexibility index (Phi) is 4.86. The Balaban J connectivity index is 1.83. The average Bonchev–Trinajstić information content (AvgIpc) is 2.70. The smallest absolute Gasteiger partial charge is 0.326 e. The summed E-state index contributed by atoms with van der Waals surface area (Å²) in [6.45, 7) is 0. The molecule has 20 heavy (non-hydrogen) atoms. The fourth-order valence-corrected chi connectivity index (χ4v) is 2.58. The minimum atomic E-state index is -0.437. The van der Waals surface area contributed by atoms with Crippen molar-refractivity contribution in [3.8, 4) is 0 Å². The van der Waals surface area contributed by atoms with E-state index in [1.165, 1.54) is 16.4 Å². The van der Waals surface area contributed by atoms with Gasteiger partial charge in [0.05, 0.1) is 0 Å². The van der Waals surface area contributed by atoms with E-state index in [0.717, 1.165) is 0 Å². The minimum absolute atomic E-state index is 0.137. The second-order valence-corrected chi connectivity index (χ2v) is 5.52. The van der Waals surface area contributed by atoms with Gasteiger partial charge < -0.3 is 5.32 Å². The van der Waals surface area contributed by atoms with Crippen LogP contribution in [0.5, 0.6) is 0 Å². The summed E-state index contributed by atoms with van der Waals surface area (Å²) in [5.41, 5.74) is 0.215. The normalized spacial score (nSPS) is 10.5. The van der Waals surface area contributed by atoms with Crippen LogP contribution in [-0.4, -0.2) is 16.9 Å². The maximum Gasteiger partial charge on any atom is 0.441 e. The van der Waals surface area contributed by atoms with E-state index in [2.05, 4.69) is 15.1 Å². The maximum absolute atomic E-state index is 11.7. The second kappa shape index (κ2) is 6.62. The van der Waals surface area contributed by atoms with E-state index in [1.54, 1.807) is 31.3 Å². The van der Waals surface area contributed by atoms with Gasteiger partial charge >= 0.3 is 10.7 Å². The van der Waals surface area contributed by atoms with Crippen molar-refractivity contribution < 1.29 is 14.0 Å². The molecule has 0 aliphatic rings. The van der Waals surface area contributed by atoms with Gasteiger partial charge in [-0.3, -0.25) is 9.32 Å². The van der Waals surface area contributed by atoms with Crippen LogP contribution in [0.15, 0.2) is 38.6 Å². The third-order valence-corrected chi connectivity index (χ3v) is 3.79. The number of rotatable bonds is 5. The number of aromatic amines is 1. The van der Waals surface area contributed by atoms with Gasteiger partial charge in [-0.15, -0.1) is 0 Å². The van der Waals surface area contributed by atoms with Crippen LogP contribution in [0.25, 0.3) is 0 Å². The van der Waals surface area contributed by atoms with Crippen LogP contribution < -0.4 is 15.6 Å². The fraction of sp³-hybridized carbons (Fsp3) is 0.250. The van der Waals surface area contributed by atoms with Crippen LogP contribution in [-0.2, 0) is 11.8 Å². The van der Waals surface area contributed by atoms with Gasteiger partial charge in [0, 0.05) is 22.9 Å². The molecule has 0 aliphatic heterocycles. The largest absolute Gasteiger partial charge is 0.441 e. The zero-order valence-corrected chi connectivity index (χ0v) is 12.3. The van der Waals surface area contributed by atoms with Crippen molar-refractivity contribution in [2.45, 2.75) is 11.4 Å². The maximum atomic E-state index is 11.7. The lowest BCUT2D eigenvalue weighted by Gasteiger charge is -2.04. The van der Waals surface area contributed by atoms with Crippen LogP contribution in [0.4, 0.5) is 5.69 Å². The number of aryl methyl sites for hydroxylation is 1. The van der Waals surface area contributed by atoms with Crippen molar-refractivity contribution in [2.75, 3.05) is 11.1 Å². The number of halogens is 1. The Morgan fingerprint density at radius 3 is 3.00 bits per heavy atom. The lowest BCUT2D eigenvalue weighted by atomic mass is 10.3. The zero-order chi connectivity index (χ0) is 14.5. The van der Waals surface area contributed by atoms with Gasteiger partial charge in [0.2, 0.25) is 5.91 Å². The number of thioether (sulfide) groups is 1. The van der Waals surface area contributed by atoms with E-state index < -0.39 is 5.63 Å². The molecular weight excluding hydrogens is 302 g/mol. The Labute approximate surface area is 124 Å². The van der Waals surface area contributed by atoms with Crippen LogP contribution in [0.3, 0.4) is 0 Å². The molecular formula is C12H13ClN3O3S+. The average molecular weight is 315 g/mol. The first kappa shape index (κ1) is 14.7. The van der Waals surface area contributed by atoms with E-state index in [9.17, 15) is 9.59 Å². The number of aromatic nitrogens is 2. The zero-order valence-electron chi connectivity index (χ0n) is 10.7. The molecule has 0 saturated carbocycles. The number of hydrogen-bond donors (Lipinski definition) is 2. The first-order valence-electron chi connectivity index (χ1n) is 5.82. The highest BCUT2D eigenvalue weighted by molar-refractivity contribution is 7.99. The molecule has 0 aliphatic carbocycles. The van der Waals surface area contributed by atoms with Crippen molar-refractivity contribution in [3.05, 3.63) is 39.7 Å². The van der Waals surface area contributed by atoms with E-state index in [1.807, 2.05) is 0 Å². The second-order valence-electron chi connectivity index (χ2n) is 4.00. The summed E-state index contributed by atoms with van der Waals surface area (Å²) in [6, 6.07) is 6.93. The van der Waals surface area contributed by atoms with Crippen molar-refractivity contribution in [2.24, 2.45) is 7.05 Å².